The molecule has 0 heterocycles. The van der Waals surface area contributed by atoms with E-state index in [1.807, 2.05) is 0 Å². The first-order valence-electron chi connectivity index (χ1n) is 7.09. The number of halogens is 1. The lowest BCUT2D eigenvalue weighted by Gasteiger charge is -2.21. The maximum atomic E-state index is 12.2. The van der Waals surface area contributed by atoms with E-state index in [1.54, 1.807) is 41.5 Å². The molecule has 0 saturated heterocycles. The molecule has 0 unspecified atom stereocenters. The number of hydrogen-bond donors (Lipinski definition) is 0. The van der Waals surface area contributed by atoms with E-state index in [0.29, 0.717) is 10.8 Å². The van der Waals surface area contributed by atoms with Crippen molar-refractivity contribution < 1.29 is 23.9 Å². The fraction of sp³-hybridized carbons (Fsp3) is 0.471. The number of carbonyl (C=O) groups excluding carboxylic acids is 3. The molecule has 1 aromatic rings. The zero-order chi connectivity index (χ0) is 18.0. The first-order chi connectivity index (χ1) is 10.3. The minimum Gasteiger partial charge on any atom is -0.456 e. The van der Waals surface area contributed by atoms with Gasteiger partial charge in [0.1, 0.15) is 11.2 Å². The minimum atomic E-state index is -0.687. The van der Waals surface area contributed by atoms with Crippen LogP contribution in [0.4, 0.5) is 0 Å². The van der Waals surface area contributed by atoms with Crippen molar-refractivity contribution in [2.75, 3.05) is 0 Å². The van der Waals surface area contributed by atoms with Gasteiger partial charge in [-0.1, -0.05) is 0 Å². The lowest BCUT2D eigenvalue weighted by Crippen LogP contribution is -2.26. The van der Waals surface area contributed by atoms with Crippen LogP contribution in [0.25, 0.3) is 0 Å². The van der Waals surface area contributed by atoms with Gasteiger partial charge in [-0.2, -0.15) is 0 Å². The summed E-state index contributed by atoms with van der Waals surface area (Å²) in [6.07, 6.45) is 0.513. The Labute approximate surface area is 144 Å². The van der Waals surface area contributed by atoms with E-state index in [2.05, 4.69) is 15.9 Å². The molecule has 0 bridgehead atoms. The summed E-state index contributed by atoms with van der Waals surface area (Å²) in [6, 6.07) is 2.72. The average Bonchev–Trinajstić information content (AvgIpc) is 2.34. The molecule has 0 aromatic heterocycles. The number of rotatable bonds is 3. The second kappa shape index (κ2) is 6.83. The Bertz CT molecular complexity index is 636. The lowest BCUT2D eigenvalue weighted by molar-refractivity contribution is 0.00503. The first-order valence-corrected chi connectivity index (χ1v) is 7.89. The molecule has 126 valence electrons. The van der Waals surface area contributed by atoms with Crippen molar-refractivity contribution in [3.8, 4) is 0 Å². The Kier molecular flexibility index (Phi) is 5.74. The fourth-order valence-electron chi connectivity index (χ4n) is 1.69. The highest BCUT2D eigenvalue weighted by Crippen LogP contribution is 2.25. The summed E-state index contributed by atoms with van der Waals surface area (Å²) in [6.45, 7) is 10.4. The van der Waals surface area contributed by atoms with Crippen molar-refractivity contribution in [1.82, 2.24) is 0 Å². The molecule has 23 heavy (non-hydrogen) atoms. The van der Waals surface area contributed by atoms with Crippen LogP contribution in [-0.2, 0) is 9.47 Å². The van der Waals surface area contributed by atoms with Gasteiger partial charge in [0.2, 0.25) is 0 Å². The first kappa shape index (κ1) is 19.4. The molecule has 0 radical (unpaired) electrons. The summed E-state index contributed by atoms with van der Waals surface area (Å²) in [5.74, 6) is -1.21. The Morgan fingerprint density at radius 3 is 1.74 bits per heavy atom. The maximum Gasteiger partial charge on any atom is 0.339 e. The van der Waals surface area contributed by atoms with Crippen LogP contribution in [0.2, 0.25) is 0 Å². The van der Waals surface area contributed by atoms with Gasteiger partial charge in [-0.05, 0) is 69.6 Å². The average molecular weight is 385 g/mol. The molecular weight excluding hydrogens is 364 g/mol. The molecular formula is C17H21BrO5. The molecule has 0 saturated carbocycles. The van der Waals surface area contributed by atoms with E-state index in [9.17, 15) is 14.4 Å². The summed E-state index contributed by atoms with van der Waals surface area (Å²) < 4.78 is 10.9. The van der Waals surface area contributed by atoms with Gasteiger partial charge in [0, 0.05) is 10.0 Å². The van der Waals surface area contributed by atoms with Crippen LogP contribution in [0, 0.1) is 0 Å². The normalized spacial score (nSPS) is 11.8. The van der Waals surface area contributed by atoms with Gasteiger partial charge in [-0.15, -0.1) is 0 Å². The van der Waals surface area contributed by atoms with E-state index >= 15 is 0 Å². The molecule has 0 atom stereocenters. The number of benzene rings is 1. The third-order valence-electron chi connectivity index (χ3n) is 2.50. The number of aldehydes is 1. The highest BCUT2D eigenvalue weighted by Gasteiger charge is 2.25. The smallest absolute Gasteiger partial charge is 0.339 e. The van der Waals surface area contributed by atoms with Crippen molar-refractivity contribution in [3.63, 3.8) is 0 Å². The van der Waals surface area contributed by atoms with Crippen LogP contribution in [0.3, 0.4) is 0 Å². The second-order valence-corrected chi connectivity index (χ2v) is 7.90. The van der Waals surface area contributed by atoms with E-state index in [4.69, 9.17) is 9.47 Å². The lowest BCUT2D eigenvalue weighted by atomic mass is 10.0. The van der Waals surface area contributed by atoms with Crippen molar-refractivity contribution in [2.45, 2.75) is 52.7 Å². The van der Waals surface area contributed by atoms with Crippen molar-refractivity contribution >= 4 is 34.2 Å². The third kappa shape index (κ3) is 5.78. The van der Waals surface area contributed by atoms with Gasteiger partial charge >= 0.3 is 11.9 Å². The van der Waals surface area contributed by atoms with E-state index in [-0.39, 0.29) is 16.7 Å². The van der Waals surface area contributed by atoms with Crippen LogP contribution < -0.4 is 0 Å². The second-order valence-electron chi connectivity index (χ2n) is 7.04. The minimum absolute atomic E-state index is 0.0725. The topological polar surface area (TPSA) is 69.7 Å². The van der Waals surface area contributed by atoms with Gasteiger partial charge in [-0.25, -0.2) is 9.59 Å². The van der Waals surface area contributed by atoms with Gasteiger partial charge in [0.05, 0.1) is 11.1 Å². The van der Waals surface area contributed by atoms with E-state index in [1.165, 1.54) is 12.1 Å². The third-order valence-corrected chi connectivity index (χ3v) is 3.16. The van der Waals surface area contributed by atoms with Crippen LogP contribution in [0.1, 0.15) is 72.6 Å². The quantitative estimate of drug-likeness (QED) is 0.577. The Hall–Kier alpha value is -1.69. The number of ether oxygens (including phenoxy) is 2. The van der Waals surface area contributed by atoms with Crippen molar-refractivity contribution in [2.24, 2.45) is 0 Å². The van der Waals surface area contributed by atoms with E-state index < -0.39 is 23.1 Å². The van der Waals surface area contributed by atoms with Crippen LogP contribution in [0.15, 0.2) is 16.6 Å². The van der Waals surface area contributed by atoms with Gasteiger partial charge < -0.3 is 9.47 Å². The Morgan fingerprint density at radius 2 is 1.35 bits per heavy atom. The number of hydrogen-bond acceptors (Lipinski definition) is 5. The zero-order valence-electron chi connectivity index (χ0n) is 14.2. The summed E-state index contributed by atoms with van der Waals surface area (Å²) in [4.78, 5) is 35.7. The molecule has 0 amide bonds. The van der Waals surface area contributed by atoms with Crippen molar-refractivity contribution in [3.05, 3.63) is 33.3 Å². The summed E-state index contributed by atoms with van der Waals surface area (Å²) in [5.41, 5.74) is -1.01. The molecule has 1 aromatic carbocycles. The standard InChI is InChI=1S/C17H21BrO5/c1-16(2,3)22-14(20)11-8-13(18)12(7-10(11)9-19)15(21)23-17(4,5)6/h7-9H,1-6H3. The van der Waals surface area contributed by atoms with Gasteiger partial charge in [0.15, 0.2) is 6.29 Å². The van der Waals surface area contributed by atoms with Gasteiger partial charge in [0.25, 0.3) is 0 Å². The predicted octanol–water partition coefficient (Wildman–Crippen LogP) is 4.17. The monoisotopic (exact) mass is 384 g/mol. The summed E-state index contributed by atoms with van der Waals surface area (Å²) in [5, 5.41) is 0. The molecule has 0 aliphatic rings. The highest BCUT2D eigenvalue weighted by atomic mass is 79.9. The molecule has 0 spiro atoms. The summed E-state index contributed by atoms with van der Waals surface area (Å²) in [7, 11) is 0. The Morgan fingerprint density at radius 1 is 0.913 bits per heavy atom. The predicted molar refractivity (Wildman–Crippen MR) is 89.9 cm³/mol. The zero-order valence-corrected chi connectivity index (χ0v) is 15.7. The van der Waals surface area contributed by atoms with Gasteiger partial charge in [-0.3, -0.25) is 4.79 Å². The molecule has 0 aliphatic heterocycles. The molecule has 0 N–H and O–H groups in total. The maximum absolute atomic E-state index is 12.2. The van der Waals surface area contributed by atoms with Crippen LogP contribution in [-0.4, -0.2) is 29.4 Å². The molecule has 0 aliphatic carbocycles. The molecule has 6 heteroatoms. The summed E-state index contributed by atoms with van der Waals surface area (Å²) >= 11 is 3.24. The number of carbonyl (C=O) groups is 3. The Balaban J connectivity index is 3.25. The van der Waals surface area contributed by atoms with E-state index in [0.717, 1.165) is 0 Å². The van der Waals surface area contributed by atoms with Crippen molar-refractivity contribution in [1.29, 1.82) is 0 Å². The highest BCUT2D eigenvalue weighted by molar-refractivity contribution is 9.10. The fourth-order valence-corrected chi connectivity index (χ4v) is 2.19. The number of esters is 2. The molecule has 5 nitrogen and oxygen atoms in total. The molecule has 0 fully saturated rings. The van der Waals surface area contributed by atoms with Crippen LogP contribution in [0.5, 0.6) is 0 Å². The SMILES string of the molecule is CC(C)(C)OC(=O)c1cc(C=O)c(C(=O)OC(C)(C)C)cc1Br. The molecule has 1 rings (SSSR count). The van der Waals surface area contributed by atoms with Crippen LogP contribution >= 0.6 is 15.9 Å². The largest absolute Gasteiger partial charge is 0.456 e.